The average Bonchev–Trinajstić information content (AvgIpc) is 2.75. The lowest BCUT2D eigenvalue weighted by molar-refractivity contribution is 0.0949. The van der Waals surface area contributed by atoms with Gasteiger partial charge in [0, 0.05) is 18.3 Å². The molecule has 2 aromatic carbocycles. The number of hydrogen-bond donors (Lipinski definition) is 2. The number of rotatable bonds is 8. The van der Waals surface area contributed by atoms with Crippen molar-refractivity contribution in [2.45, 2.75) is 6.42 Å². The number of anilines is 2. The summed E-state index contributed by atoms with van der Waals surface area (Å²) < 4.78 is 24.1. The van der Waals surface area contributed by atoms with Crippen LogP contribution in [0, 0.1) is 5.82 Å². The summed E-state index contributed by atoms with van der Waals surface area (Å²) in [6.07, 6.45) is 1.99. The van der Waals surface area contributed by atoms with Crippen molar-refractivity contribution >= 4 is 17.3 Å². The molecule has 0 aliphatic heterocycles. The van der Waals surface area contributed by atoms with E-state index in [1.807, 2.05) is 12.1 Å². The number of pyridine rings is 1. The predicted molar refractivity (Wildman–Crippen MR) is 110 cm³/mol. The number of aromatic nitrogens is 1. The lowest BCUT2D eigenvalue weighted by Gasteiger charge is -2.11. The summed E-state index contributed by atoms with van der Waals surface area (Å²) in [5, 5.41) is 5.95. The Bertz CT molecular complexity index is 977. The Morgan fingerprint density at radius 3 is 2.45 bits per heavy atom. The quantitative estimate of drug-likeness (QED) is 0.604. The highest BCUT2D eigenvalue weighted by atomic mass is 19.1. The second kappa shape index (κ2) is 9.54. The van der Waals surface area contributed by atoms with Gasteiger partial charge in [0.1, 0.15) is 11.5 Å². The first kappa shape index (κ1) is 20.1. The van der Waals surface area contributed by atoms with Crippen LogP contribution >= 0.6 is 0 Å². The van der Waals surface area contributed by atoms with Gasteiger partial charge in [-0.25, -0.2) is 9.37 Å². The zero-order valence-corrected chi connectivity index (χ0v) is 16.2. The van der Waals surface area contributed by atoms with Crippen LogP contribution in [-0.4, -0.2) is 31.7 Å². The third kappa shape index (κ3) is 5.22. The van der Waals surface area contributed by atoms with Crippen LogP contribution in [0.5, 0.6) is 11.5 Å². The third-order valence-electron chi connectivity index (χ3n) is 4.31. The Morgan fingerprint density at radius 1 is 1.00 bits per heavy atom. The number of carbonyl (C=O) groups is 1. The molecule has 150 valence electrons. The van der Waals surface area contributed by atoms with Crippen LogP contribution in [0.25, 0.3) is 0 Å². The van der Waals surface area contributed by atoms with E-state index in [-0.39, 0.29) is 17.4 Å². The summed E-state index contributed by atoms with van der Waals surface area (Å²) in [5.41, 5.74) is 2.37. The number of benzene rings is 2. The first-order valence-electron chi connectivity index (χ1n) is 9.07. The van der Waals surface area contributed by atoms with Crippen molar-refractivity contribution < 1.29 is 18.7 Å². The van der Waals surface area contributed by atoms with Crippen LogP contribution in [0.15, 0.2) is 60.8 Å². The SMILES string of the molecule is COc1ccc(Nc2ccc(C(=O)NCCc3ccccc3F)nc2)cc1OC. The molecule has 7 heteroatoms. The molecule has 0 saturated heterocycles. The van der Waals surface area contributed by atoms with E-state index in [1.165, 1.54) is 6.07 Å². The lowest BCUT2D eigenvalue weighted by atomic mass is 10.1. The summed E-state index contributed by atoms with van der Waals surface area (Å²) in [6, 6.07) is 15.4. The summed E-state index contributed by atoms with van der Waals surface area (Å²) in [5.74, 6) is 0.666. The van der Waals surface area contributed by atoms with Gasteiger partial charge in [-0.15, -0.1) is 0 Å². The monoisotopic (exact) mass is 395 g/mol. The van der Waals surface area contributed by atoms with E-state index in [9.17, 15) is 9.18 Å². The minimum Gasteiger partial charge on any atom is -0.493 e. The molecule has 1 amide bonds. The maximum absolute atomic E-state index is 13.6. The number of nitrogens with one attached hydrogen (secondary N) is 2. The van der Waals surface area contributed by atoms with E-state index in [2.05, 4.69) is 15.6 Å². The molecule has 0 fully saturated rings. The van der Waals surface area contributed by atoms with Crippen molar-refractivity contribution in [3.63, 3.8) is 0 Å². The van der Waals surface area contributed by atoms with Crippen molar-refractivity contribution in [3.05, 3.63) is 77.9 Å². The van der Waals surface area contributed by atoms with Gasteiger partial charge in [-0.2, -0.15) is 0 Å². The van der Waals surface area contributed by atoms with Gasteiger partial charge in [-0.3, -0.25) is 4.79 Å². The molecule has 3 rings (SSSR count). The zero-order chi connectivity index (χ0) is 20.6. The molecule has 29 heavy (non-hydrogen) atoms. The molecule has 0 radical (unpaired) electrons. The second-order valence-electron chi connectivity index (χ2n) is 6.22. The largest absolute Gasteiger partial charge is 0.493 e. The Kier molecular flexibility index (Phi) is 6.63. The van der Waals surface area contributed by atoms with Crippen LogP contribution in [0.2, 0.25) is 0 Å². The molecule has 6 nitrogen and oxygen atoms in total. The molecule has 0 spiro atoms. The van der Waals surface area contributed by atoms with Crippen molar-refractivity contribution in [2.75, 3.05) is 26.1 Å². The topological polar surface area (TPSA) is 72.5 Å². The predicted octanol–water partition coefficient (Wildman–Crippen LogP) is 3.95. The first-order chi connectivity index (χ1) is 14.1. The summed E-state index contributed by atoms with van der Waals surface area (Å²) >= 11 is 0. The van der Waals surface area contributed by atoms with Gasteiger partial charge >= 0.3 is 0 Å². The molecule has 1 heterocycles. The Balaban J connectivity index is 1.57. The maximum Gasteiger partial charge on any atom is 0.269 e. The van der Waals surface area contributed by atoms with Crippen LogP contribution < -0.4 is 20.1 Å². The van der Waals surface area contributed by atoms with Gasteiger partial charge in [0.25, 0.3) is 5.91 Å². The highest BCUT2D eigenvalue weighted by Crippen LogP contribution is 2.30. The molecule has 2 N–H and O–H groups in total. The number of amides is 1. The van der Waals surface area contributed by atoms with Crippen LogP contribution in [0.1, 0.15) is 16.1 Å². The number of halogens is 1. The Labute approximate surface area is 168 Å². The van der Waals surface area contributed by atoms with Gasteiger partial charge in [0.2, 0.25) is 0 Å². The van der Waals surface area contributed by atoms with Crippen molar-refractivity contribution in [1.29, 1.82) is 0 Å². The van der Waals surface area contributed by atoms with E-state index in [0.717, 1.165) is 11.4 Å². The number of ether oxygens (including phenoxy) is 2. The molecule has 0 bridgehead atoms. The normalized spacial score (nSPS) is 10.3. The van der Waals surface area contributed by atoms with Gasteiger partial charge in [-0.1, -0.05) is 18.2 Å². The summed E-state index contributed by atoms with van der Waals surface area (Å²) in [4.78, 5) is 16.4. The summed E-state index contributed by atoms with van der Waals surface area (Å²) in [6.45, 7) is 0.326. The van der Waals surface area contributed by atoms with Crippen LogP contribution in [-0.2, 0) is 6.42 Å². The average molecular weight is 395 g/mol. The molecule has 1 aromatic heterocycles. The van der Waals surface area contributed by atoms with Gasteiger partial charge in [0.05, 0.1) is 26.1 Å². The zero-order valence-electron chi connectivity index (χ0n) is 16.2. The van der Waals surface area contributed by atoms with E-state index < -0.39 is 0 Å². The standard InChI is InChI=1S/C22H22FN3O3/c1-28-20-10-8-16(13-21(20)29-2)26-17-7-9-19(25-14-17)22(27)24-12-11-15-5-3-4-6-18(15)23/h3-10,13-14,26H,11-12H2,1-2H3,(H,24,27). The van der Waals surface area contributed by atoms with Gasteiger partial charge in [0.15, 0.2) is 11.5 Å². The molecule has 0 aliphatic carbocycles. The minimum absolute atomic E-state index is 0.273. The lowest BCUT2D eigenvalue weighted by Crippen LogP contribution is -2.26. The molecule has 0 unspecified atom stereocenters. The van der Waals surface area contributed by atoms with E-state index in [1.54, 1.807) is 56.8 Å². The van der Waals surface area contributed by atoms with E-state index >= 15 is 0 Å². The number of methoxy groups -OCH3 is 2. The first-order valence-corrected chi connectivity index (χ1v) is 9.07. The van der Waals surface area contributed by atoms with Gasteiger partial charge in [-0.05, 0) is 42.3 Å². The fourth-order valence-corrected chi connectivity index (χ4v) is 2.79. The van der Waals surface area contributed by atoms with Crippen LogP contribution in [0.3, 0.4) is 0 Å². The number of hydrogen-bond acceptors (Lipinski definition) is 5. The molecule has 0 atom stereocenters. The minimum atomic E-state index is -0.306. The molecular formula is C22H22FN3O3. The maximum atomic E-state index is 13.6. The number of nitrogens with zero attached hydrogens (tertiary/aromatic N) is 1. The van der Waals surface area contributed by atoms with Crippen LogP contribution in [0.4, 0.5) is 15.8 Å². The smallest absolute Gasteiger partial charge is 0.269 e. The highest BCUT2D eigenvalue weighted by molar-refractivity contribution is 5.92. The molecule has 0 aliphatic rings. The van der Waals surface area contributed by atoms with Crippen molar-refractivity contribution in [3.8, 4) is 11.5 Å². The van der Waals surface area contributed by atoms with E-state index in [0.29, 0.717) is 30.0 Å². The Morgan fingerprint density at radius 2 is 1.76 bits per heavy atom. The second-order valence-corrected chi connectivity index (χ2v) is 6.22. The number of carbonyl (C=O) groups excluding carboxylic acids is 1. The fraction of sp³-hybridized carbons (Fsp3) is 0.182. The van der Waals surface area contributed by atoms with Gasteiger partial charge < -0.3 is 20.1 Å². The van der Waals surface area contributed by atoms with Crippen molar-refractivity contribution in [1.82, 2.24) is 10.3 Å². The highest BCUT2D eigenvalue weighted by Gasteiger charge is 2.09. The molecule has 3 aromatic rings. The fourth-order valence-electron chi connectivity index (χ4n) is 2.79. The third-order valence-corrected chi connectivity index (χ3v) is 4.31. The van der Waals surface area contributed by atoms with Crippen molar-refractivity contribution in [2.24, 2.45) is 0 Å². The molecular weight excluding hydrogens is 373 g/mol. The Hall–Kier alpha value is -3.61. The summed E-state index contributed by atoms with van der Waals surface area (Å²) in [7, 11) is 3.15. The van der Waals surface area contributed by atoms with E-state index in [4.69, 9.17) is 9.47 Å². The molecule has 0 saturated carbocycles.